The summed E-state index contributed by atoms with van der Waals surface area (Å²) in [5, 5.41) is 4.91. The van der Waals surface area contributed by atoms with Gasteiger partial charge in [0.1, 0.15) is 0 Å². The Hall–Kier alpha value is -2.70. The molecule has 0 unspecified atom stereocenters. The third-order valence-electron chi connectivity index (χ3n) is 4.30. The number of rotatable bonds is 7. The van der Waals surface area contributed by atoms with Crippen LogP contribution in [0.1, 0.15) is 11.1 Å². The quantitative estimate of drug-likeness (QED) is 0.617. The molecule has 0 bridgehead atoms. The van der Waals surface area contributed by atoms with Crippen LogP contribution in [0.3, 0.4) is 0 Å². The van der Waals surface area contributed by atoms with E-state index in [-0.39, 0.29) is 30.3 Å². The van der Waals surface area contributed by atoms with Gasteiger partial charge in [-0.25, -0.2) is 13.1 Å². The van der Waals surface area contributed by atoms with E-state index in [0.29, 0.717) is 0 Å². The summed E-state index contributed by atoms with van der Waals surface area (Å²) < 4.78 is 26.9. The average Bonchev–Trinajstić information content (AvgIpc) is 2.66. The van der Waals surface area contributed by atoms with Gasteiger partial charge in [0.05, 0.1) is 11.3 Å². The first-order chi connectivity index (χ1) is 13.0. The largest absolute Gasteiger partial charge is 0.354 e. The highest BCUT2D eigenvalue weighted by atomic mass is 32.2. The lowest BCUT2D eigenvalue weighted by atomic mass is 10.0. The summed E-state index contributed by atoms with van der Waals surface area (Å²) in [6.45, 7) is 2.27. The number of amides is 1. The zero-order chi connectivity index (χ0) is 19.3. The summed E-state index contributed by atoms with van der Waals surface area (Å²) in [4.78, 5) is 12.4. The van der Waals surface area contributed by atoms with Crippen molar-refractivity contribution in [1.82, 2.24) is 10.0 Å². The van der Waals surface area contributed by atoms with Gasteiger partial charge in [-0.05, 0) is 35.4 Å². The molecule has 0 heterocycles. The molecule has 0 fully saturated rings. The van der Waals surface area contributed by atoms with E-state index < -0.39 is 10.0 Å². The van der Waals surface area contributed by atoms with Gasteiger partial charge in [0, 0.05) is 13.1 Å². The number of sulfonamides is 1. The van der Waals surface area contributed by atoms with Crippen molar-refractivity contribution >= 4 is 26.7 Å². The van der Waals surface area contributed by atoms with Crippen molar-refractivity contribution in [3.63, 3.8) is 0 Å². The molecule has 0 saturated heterocycles. The third kappa shape index (κ3) is 4.93. The first kappa shape index (κ1) is 19.1. The van der Waals surface area contributed by atoms with Crippen LogP contribution in [-0.4, -0.2) is 27.4 Å². The van der Waals surface area contributed by atoms with Crippen molar-refractivity contribution in [2.75, 3.05) is 13.1 Å². The Morgan fingerprint density at radius 3 is 2.37 bits per heavy atom. The highest BCUT2D eigenvalue weighted by molar-refractivity contribution is 7.89. The van der Waals surface area contributed by atoms with Gasteiger partial charge in [-0.1, -0.05) is 60.2 Å². The van der Waals surface area contributed by atoms with Gasteiger partial charge < -0.3 is 5.32 Å². The molecule has 5 nitrogen and oxygen atoms in total. The average molecular weight is 382 g/mol. The normalized spacial score (nSPS) is 11.4. The number of hydrogen-bond donors (Lipinski definition) is 2. The van der Waals surface area contributed by atoms with Crippen LogP contribution in [0, 0.1) is 6.92 Å². The molecule has 0 aromatic heterocycles. The number of aryl methyl sites for hydroxylation is 1. The number of nitrogens with one attached hydrogen (secondary N) is 2. The van der Waals surface area contributed by atoms with Crippen LogP contribution in [-0.2, 0) is 21.2 Å². The smallest absolute Gasteiger partial charge is 0.240 e. The summed E-state index contributed by atoms with van der Waals surface area (Å²) in [6, 6.07) is 20.4. The van der Waals surface area contributed by atoms with E-state index in [1.807, 2.05) is 49.4 Å². The summed E-state index contributed by atoms with van der Waals surface area (Å²) >= 11 is 0. The molecule has 0 aliphatic heterocycles. The minimum Gasteiger partial charge on any atom is -0.354 e. The fraction of sp³-hybridized carbons (Fsp3) is 0.190. The van der Waals surface area contributed by atoms with Gasteiger partial charge in [0.15, 0.2) is 0 Å². The van der Waals surface area contributed by atoms with Gasteiger partial charge in [0.2, 0.25) is 15.9 Å². The van der Waals surface area contributed by atoms with Crippen LogP contribution in [0.5, 0.6) is 0 Å². The van der Waals surface area contributed by atoms with Crippen LogP contribution in [0.25, 0.3) is 10.8 Å². The molecule has 0 aliphatic carbocycles. The lowest BCUT2D eigenvalue weighted by molar-refractivity contribution is -0.120. The predicted octanol–water partition coefficient (Wildman–Crippen LogP) is 2.79. The highest BCUT2D eigenvalue weighted by Gasteiger charge is 2.13. The SMILES string of the molecule is Cc1ccc(S(=O)(=O)NCCNC(=O)Cc2cccc3ccccc23)cc1. The highest BCUT2D eigenvalue weighted by Crippen LogP contribution is 2.18. The number of fused-ring (bicyclic) bond motifs is 1. The molecule has 0 atom stereocenters. The first-order valence-corrected chi connectivity index (χ1v) is 10.2. The molecule has 3 aromatic carbocycles. The van der Waals surface area contributed by atoms with E-state index in [1.54, 1.807) is 24.3 Å². The fourth-order valence-corrected chi connectivity index (χ4v) is 3.90. The lowest BCUT2D eigenvalue weighted by Gasteiger charge is -2.09. The topological polar surface area (TPSA) is 75.3 Å². The van der Waals surface area contributed by atoms with E-state index in [0.717, 1.165) is 21.9 Å². The Morgan fingerprint density at radius 1 is 0.889 bits per heavy atom. The summed E-state index contributed by atoms with van der Waals surface area (Å²) in [7, 11) is -3.56. The standard InChI is InChI=1S/C21H22N2O3S/c1-16-9-11-19(12-10-16)27(25,26)23-14-13-22-21(24)15-18-7-4-6-17-5-2-3-8-20(17)18/h2-12,23H,13-15H2,1H3,(H,22,24). The molecule has 3 aromatic rings. The molecule has 27 heavy (non-hydrogen) atoms. The van der Waals surface area contributed by atoms with Gasteiger partial charge >= 0.3 is 0 Å². The Labute approximate surface area is 159 Å². The number of hydrogen-bond acceptors (Lipinski definition) is 3. The van der Waals surface area contributed by atoms with Crippen LogP contribution in [0.4, 0.5) is 0 Å². The Bertz CT molecular complexity index is 1040. The second kappa shape index (κ2) is 8.33. The minimum atomic E-state index is -3.56. The van der Waals surface area contributed by atoms with E-state index >= 15 is 0 Å². The number of benzene rings is 3. The maximum atomic E-state index is 12.2. The zero-order valence-corrected chi connectivity index (χ0v) is 15.9. The van der Waals surface area contributed by atoms with Crippen molar-refractivity contribution in [3.8, 4) is 0 Å². The third-order valence-corrected chi connectivity index (χ3v) is 5.78. The maximum Gasteiger partial charge on any atom is 0.240 e. The van der Waals surface area contributed by atoms with Gasteiger partial charge in [0.25, 0.3) is 0 Å². The molecule has 0 radical (unpaired) electrons. The molecule has 6 heteroatoms. The van der Waals surface area contributed by atoms with Crippen LogP contribution < -0.4 is 10.0 Å². The molecule has 0 aliphatic rings. The maximum absolute atomic E-state index is 12.2. The van der Waals surface area contributed by atoms with E-state index in [2.05, 4.69) is 10.0 Å². The van der Waals surface area contributed by atoms with Crippen LogP contribution in [0.2, 0.25) is 0 Å². The van der Waals surface area contributed by atoms with Crippen LogP contribution in [0.15, 0.2) is 71.6 Å². The zero-order valence-electron chi connectivity index (χ0n) is 15.1. The molecule has 0 spiro atoms. The Kier molecular flexibility index (Phi) is 5.88. The van der Waals surface area contributed by atoms with E-state index in [9.17, 15) is 13.2 Å². The molecule has 2 N–H and O–H groups in total. The van der Waals surface area contributed by atoms with Crippen molar-refractivity contribution in [3.05, 3.63) is 77.9 Å². The summed E-state index contributed by atoms with van der Waals surface area (Å²) in [5.41, 5.74) is 1.94. The summed E-state index contributed by atoms with van der Waals surface area (Å²) in [5.74, 6) is -0.138. The second-order valence-corrected chi connectivity index (χ2v) is 8.14. The first-order valence-electron chi connectivity index (χ1n) is 8.75. The van der Waals surface area contributed by atoms with Crippen molar-refractivity contribution < 1.29 is 13.2 Å². The van der Waals surface area contributed by atoms with Crippen molar-refractivity contribution in [2.24, 2.45) is 0 Å². The van der Waals surface area contributed by atoms with Gasteiger partial charge in [-0.3, -0.25) is 4.79 Å². The number of carbonyl (C=O) groups excluding carboxylic acids is 1. The van der Waals surface area contributed by atoms with E-state index in [1.165, 1.54) is 0 Å². The molecular weight excluding hydrogens is 360 g/mol. The van der Waals surface area contributed by atoms with Crippen molar-refractivity contribution in [1.29, 1.82) is 0 Å². The molecule has 1 amide bonds. The Balaban J connectivity index is 1.52. The second-order valence-electron chi connectivity index (χ2n) is 6.38. The van der Waals surface area contributed by atoms with E-state index in [4.69, 9.17) is 0 Å². The van der Waals surface area contributed by atoms with Gasteiger partial charge in [-0.15, -0.1) is 0 Å². The lowest BCUT2D eigenvalue weighted by Crippen LogP contribution is -2.35. The van der Waals surface area contributed by atoms with Crippen LogP contribution >= 0.6 is 0 Å². The molecule has 0 saturated carbocycles. The number of carbonyl (C=O) groups is 1. The molecule has 3 rings (SSSR count). The fourth-order valence-electron chi connectivity index (χ4n) is 2.87. The Morgan fingerprint density at radius 2 is 1.59 bits per heavy atom. The van der Waals surface area contributed by atoms with Crippen molar-refractivity contribution in [2.45, 2.75) is 18.2 Å². The predicted molar refractivity (Wildman–Crippen MR) is 107 cm³/mol. The van der Waals surface area contributed by atoms with Gasteiger partial charge in [-0.2, -0.15) is 0 Å². The molecular formula is C21H22N2O3S. The summed E-state index contributed by atoms with van der Waals surface area (Å²) in [6.07, 6.45) is 0.256. The molecule has 140 valence electrons. The monoisotopic (exact) mass is 382 g/mol. The minimum absolute atomic E-state index is 0.136.